The van der Waals surface area contributed by atoms with Gasteiger partial charge >= 0.3 is 6.09 Å². The molecule has 0 unspecified atom stereocenters. The zero-order valence-electron chi connectivity index (χ0n) is 25.4. The Balaban J connectivity index is 1.66. The van der Waals surface area contributed by atoms with Gasteiger partial charge in [0, 0.05) is 24.5 Å². The summed E-state index contributed by atoms with van der Waals surface area (Å²) in [5.74, 6) is -0.720. The highest BCUT2D eigenvalue weighted by atomic mass is 19.1. The van der Waals surface area contributed by atoms with Crippen molar-refractivity contribution in [1.82, 2.24) is 9.88 Å². The summed E-state index contributed by atoms with van der Waals surface area (Å²) < 4.78 is 27.5. The lowest BCUT2D eigenvalue weighted by Crippen LogP contribution is -2.32. The van der Waals surface area contributed by atoms with E-state index in [1.165, 1.54) is 23.8 Å². The molecule has 0 bridgehead atoms. The lowest BCUT2D eigenvalue weighted by molar-refractivity contribution is 0.0522. The molecule has 224 valence electrons. The predicted octanol–water partition coefficient (Wildman–Crippen LogP) is 6.76. The van der Waals surface area contributed by atoms with Crippen LogP contribution in [0.5, 0.6) is 5.75 Å². The molecule has 1 aromatic heterocycles. The molecule has 4 aromatic rings. The maximum atomic E-state index is 15.4. The third kappa shape index (κ3) is 6.94. The largest absolute Gasteiger partial charge is 0.496 e. The summed E-state index contributed by atoms with van der Waals surface area (Å²) in [4.78, 5) is 37.5. The van der Waals surface area contributed by atoms with E-state index in [1.807, 2.05) is 44.2 Å². The number of rotatable bonds is 7. The normalized spacial score (nSPS) is 11.2. The summed E-state index contributed by atoms with van der Waals surface area (Å²) in [5.41, 5.74) is 4.67. The van der Waals surface area contributed by atoms with Gasteiger partial charge in [0.2, 0.25) is 0 Å². The first-order chi connectivity index (χ1) is 20.3. The molecule has 3 aromatic carbocycles. The fourth-order valence-corrected chi connectivity index (χ4v) is 4.86. The number of nitrogens with one attached hydrogen (secondary N) is 2. The molecule has 43 heavy (non-hydrogen) atoms. The molecule has 0 spiro atoms. The minimum atomic E-state index is -0.677. The minimum absolute atomic E-state index is 0.0497. The van der Waals surface area contributed by atoms with Crippen LogP contribution >= 0.6 is 0 Å². The number of alkyl carbamates (subject to hydrolysis) is 1. The Morgan fingerprint density at radius 2 is 1.58 bits per heavy atom. The highest BCUT2D eigenvalue weighted by Gasteiger charge is 2.20. The third-order valence-corrected chi connectivity index (χ3v) is 7.07. The molecule has 8 nitrogen and oxygen atoms in total. The van der Waals surface area contributed by atoms with E-state index in [0.29, 0.717) is 17.0 Å². The molecule has 0 saturated heterocycles. The smallest absolute Gasteiger partial charge is 0.407 e. The van der Waals surface area contributed by atoms with Crippen molar-refractivity contribution in [2.75, 3.05) is 12.4 Å². The summed E-state index contributed by atoms with van der Waals surface area (Å²) in [6.45, 7) is 9.00. The fourth-order valence-electron chi connectivity index (χ4n) is 4.86. The molecular weight excluding hydrogens is 549 g/mol. The van der Waals surface area contributed by atoms with Crippen LogP contribution in [0.25, 0.3) is 22.3 Å². The predicted molar refractivity (Wildman–Crippen MR) is 166 cm³/mol. The van der Waals surface area contributed by atoms with Gasteiger partial charge in [0.1, 0.15) is 22.7 Å². The van der Waals surface area contributed by atoms with Crippen molar-refractivity contribution in [1.29, 1.82) is 0 Å². The number of anilines is 1. The highest BCUT2D eigenvalue weighted by molar-refractivity contribution is 6.05. The van der Waals surface area contributed by atoms with Crippen LogP contribution in [0.4, 0.5) is 14.9 Å². The van der Waals surface area contributed by atoms with Crippen LogP contribution in [-0.4, -0.2) is 29.3 Å². The van der Waals surface area contributed by atoms with Gasteiger partial charge in [-0.15, -0.1) is 0 Å². The molecule has 0 aliphatic carbocycles. The van der Waals surface area contributed by atoms with Crippen molar-refractivity contribution < 1.29 is 23.5 Å². The Bertz CT molecular complexity index is 1750. The van der Waals surface area contributed by atoms with Gasteiger partial charge < -0.3 is 24.7 Å². The van der Waals surface area contributed by atoms with Crippen LogP contribution in [0.1, 0.15) is 47.8 Å². The number of carbonyl (C=O) groups excluding carboxylic acids is 2. The first-order valence-corrected chi connectivity index (χ1v) is 13.8. The summed E-state index contributed by atoms with van der Waals surface area (Å²) >= 11 is 0. The number of aryl methyl sites for hydroxylation is 1. The van der Waals surface area contributed by atoms with E-state index < -0.39 is 23.4 Å². The molecular formula is C34H36FN3O5. The number of benzene rings is 3. The van der Waals surface area contributed by atoms with E-state index in [4.69, 9.17) is 9.47 Å². The number of hydrogen-bond acceptors (Lipinski definition) is 5. The quantitative estimate of drug-likeness (QED) is 0.250. The van der Waals surface area contributed by atoms with E-state index in [2.05, 4.69) is 10.6 Å². The number of methoxy groups -OCH3 is 1. The zero-order chi connectivity index (χ0) is 31.5. The summed E-state index contributed by atoms with van der Waals surface area (Å²) in [6.07, 6.45) is 0.943. The second kappa shape index (κ2) is 12.5. The van der Waals surface area contributed by atoms with Gasteiger partial charge in [0.05, 0.1) is 13.7 Å². The van der Waals surface area contributed by atoms with Crippen molar-refractivity contribution in [3.05, 3.63) is 105 Å². The Kier molecular flexibility index (Phi) is 9.04. The second-order valence-electron chi connectivity index (χ2n) is 11.2. The van der Waals surface area contributed by atoms with Crippen molar-refractivity contribution in [3.63, 3.8) is 0 Å². The average Bonchev–Trinajstić information content (AvgIpc) is 2.94. The molecule has 2 amide bonds. The lowest BCUT2D eigenvalue weighted by Gasteiger charge is -2.20. The van der Waals surface area contributed by atoms with E-state index in [9.17, 15) is 14.4 Å². The number of nitrogens with zero attached hydrogens (tertiary/aromatic N) is 1. The molecule has 0 radical (unpaired) electrons. The van der Waals surface area contributed by atoms with Gasteiger partial charge in [-0.25, -0.2) is 9.18 Å². The Hall–Kier alpha value is -4.92. The van der Waals surface area contributed by atoms with E-state index in [-0.39, 0.29) is 23.2 Å². The molecule has 0 aliphatic rings. The first kappa shape index (κ1) is 31.0. The standard InChI is InChI=1S/C34H36FN3O5/c1-20-23(22-17-28(35)27(30(18-22)42-7)19-36-33(41)43-34(3,4)5)11-8-12-24(20)25-13-9-15-29(21(25)2)37-31(39)26-14-10-16-38(6)32(26)40/h8-18H,19H2,1-7H3,(H,36,41)(H,37,39). The zero-order valence-corrected chi connectivity index (χ0v) is 25.4. The maximum absolute atomic E-state index is 15.4. The number of pyridine rings is 1. The van der Waals surface area contributed by atoms with Crippen LogP contribution in [0.15, 0.2) is 71.7 Å². The van der Waals surface area contributed by atoms with Crippen LogP contribution in [0.2, 0.25) is 0 Å². The van der Waals surface area contributed by atoms with Crippen LogP contribution in [-0.2, 0) is 18.3 Å². The maximum Gasteiger partial charge on any atom is 0.407 e. The molecule has 0 atom stereocenters. The van der Waals surface area contributed by atoms with Crippen LogP contribution in [0, 0.1) is 19.7 Å². The van der Waals surface area contributed by atoms with Gasteiger partial charge in [-0.1, -0.05) is 30.3 Å². The number of carbonyl (C=O) groups is 2. The van der Waals surface area contributed by atoms with Gasteiger partial charge in [0.25, 0.3) is 11.5 Å². The average molecular weight is 586 g/mol. The van der Waals surface area contributed by atoms with Crippen molar-refractivity contribution >= 4 is 17.7 Å². The van der Waals surface area contributed by atoms with E-state index in [1.54, 1.807) is 52.2 Å². The molecule has 2 N–H and O–H groups in total. The Morgan fingerprint density at radius 3 is 2.26 bits per heavy atom. The van der Waals surface area contributed by atoms with E-state index >= 15 is 4.39 Å². The van der Waals surface area contributed by atoms with Gasteiger partial charge in [0.15, 0.2) is 0 Å². The topological polar surface area (TPSA) is 98.7 Å². The molecule has 0 aliphatic heterocycles. The molecule has 0 saturated carbocycles. The SMILES string of the molecule is COc1cc(-c2cccc(-c3cccc(NC(=O)c4cccn(C)c4=O)c3C)c2C)cc(F)c1CNC(=O)OC(C)(C)C. The number of aromatic nitrogens is 1. The van der Waals surface area contributed by atoms with Crippen LogP contribution in [0.3, 0.4) is 0 Å². The first-order valence-electron chi connectivity index (χ1n) is 13.8. The fraction of sp³-hybridized carbons (Fsp3) is 0.265. The molecule has 4 rings (SSSR count). The number of amides is 2. The number of ether oxygens (including phenoxy) is 2. The second-order valence-corrected chi connectivity index (χ2v) is 11.2. The van der Waals surface area contributed by atoms with E-state index in [0.717, 1.165) is 27.8 Å². The molecule has 0 fully saturated rings. The van der Waals surface area contributed by atoms with Crippen LogP contribution < -0.4 is 20.9 Å². The van der Waals surface area contributed by atoms with Crippen molar-refractivity contribution in [2.24, 2.45) is 7.05 Å². The monoisotopic (exact) mass is 585 g/mol. The van der Waals surface area contributed by atoms with Gasteiger partial charge in [-0.2, -0.15) is 0 Å². The third-order valence-electron chi connectivity index (χ3n) is 7.07. The van der Waals surface area contributed by atoms with Gasteiger partial charge in [-0.05, 0) is 98.3 Å². The molecule has 1 heterocycles. The summed E-state index contributed by atoms with van der Waals surface area (Å²) in [5, 5.41) is 5.46. The molecule has 9 heteroatoms. The van der Waals surface area contributed by atoms with Gasteiger partial charge in [-0.3, -0.25) is 9.59 Å². The number of hydrogen-bond donors (Lipinski definition) is 2. The Morgan fingerprint density at radius 1 is 0.930 bits per heavy atom. The number of halogens is 1. The lowest BCUT2D eigenvalue weighted by atomic mass is 9.90. The van der Waals surface area contributed by atoms with Crippen molar-refractivity contribution in [2.45, 2.75) is 46.8 Å². The Labute approximate surface area is 250 Å². The van der Waals surface area contributed by atoms with Crippen molar-refractivity contribution in [3.8, 4) is 28.0 Å². The summed E-state index contributed by atoms with van der Waals surface area (Å²) in [7, 11) is 3.05. The summed E-state index contributed by atoms with van der Waals surface area (Å²) in [6, 6.07) is 17.6. The minimum Gasteiger partial charge on any atom is -0.496 e. The highest BCUT2D eigenvalue weighted by Crippen LogP contribution is 2.37.